The fraction of sp³-hybridized carbons (Fsp3) is 0.440. The maximum atomic E-state index is 13.6. The highest BCUT2D eigenvalue weighted by atomic mass is 32.2. The van der Waals surface area contributed by atoms with E-state index in [1.807, 2.05) is 45.0 Å². The smallest absolute Gasteiger partial charge is 0.271 e. The minimum atomic E-state index is -4.09. The van der Waals surface area contributed by atoms with Crippen LogP contribution in [0.2, 0.25) is 0 Å². The summed E-state index contributed by atoms with van der Waals surface area (Å²) in [6.45, 7) is 6.60. The molecular weight excluding hydrogens is 500 g/mol. The minimum Gasteiger partial charge on any atom is -0.495 e. The van der Waals surface area contributed by atoms with Crippen LogP contribution in [-0.4, -0.2) is 62.0 Å². The molecular formula is C25H34N4O7S. The van der Waals surface area contributed by atoms with Crippen LogP contribution < -0.4 is 14.4 Å². The number of benzene rings is 2. The molecule has 2 aromatic carbocycles. The van der Waals surface area contributed by atoms with Crippen LogP contribution in [0.3, 0.4) is 0 Å². The lowest BCUT2D eigenvalue weighted by Crippen LogP contribution is -2.52. The number of sulfonamides is 1. The molecule has 0 aromatic heterocycles. The first-order valence-corrected chi connectivity index (χ1v) is 13.6. The maximum absolute atomic E-state index is 13.6. The summed E-state index contributed by atoms with van der Waals surface area (Å²) < 4.78 is 31.5. The third-order valence-electron chi connectivity index (χ3n) is 5.92. The van der Waals surface area contributed by atoms with Crippen molar-refractivity contribution in [2.45, 2.75) is 52.7 Å². The molecule has 0 fully saturated rings. The van der Waals surface area contributed by atoms with Gasteiger partial charge in [0.25, 0.3) is 5.69 Å². The summed E-state index contributed by atoms with van der Waals surface area (Å²) in [4.78, 5) is 38.6. The Hall–Kier alpha value is -3.67. The van der Waals surface area contributed by atoms with Crippen LogP contribution in [0.25, 0.3) is 0 Å². The zero-order valence-corrected chi connectivity index (χ0v) is 22.7. The summed E-state index contributed by atoms with van der Waals surface area (Å²) in [6.07, 6.45) is 1.58. The van der Waals surface area contributed by atoms with Gasteiger partial charge in [-0.05, 0) is 38.8 Å². The largest absolute Gasteiger partial charge is 0.495 e. The Bertz CT molecular complexity index is 1250. The van der Waals surface area contributed by atoms with Gasteiger partial charge in [-0.15, -0.1) is 0 Å². The van der Waals surface area contributed by atoms with Gasteiger partial charge in [0, 0.05) is 24.7 Å². The molecule has 0 unspecified atom stereocenters. The molecule has 2 amide bonds. The van der Waals surface area contributed by atoms with E-state index < -0.39 is 33.4 Å². The first-order valence-electron chi connectivity index (χ1n) is 11.7. The molecule has 0 heterocycles. The average molecular weight is 535 g/mol. The third kappa shape index (κ3) is 7.91. The quantitative estimate of drug-likeness (QED) is 0.326. The average Bonchev–Trinajstić information content (AvgIpc) is 2.83. The second-order valence-electron chi connectivity index (χ2n) is 8.89. The molecule has 11 nitrogen and oxygen atoms in total. The van der Waals surface area contributed by atoms with Gasteiger partial charge in [-0.1, -0.05) is 36.8 Å². The van der Waals surface area contributed by atoms with Gasteiger partial charge in [0.15, 0.2) is 0 Å². The molecule has 0 saturated heterocycles. The summed E-state index contributed by atoms with van der Waals surface area (Å²) in [6, 6.07) is 9.85. The van der Waals surface area contributed by atoms with E-state index in [1.54, 1.807) is 6.92 Å². The number of methoxy groups -OCH3 is 1. The highest BCUT2D eigenvalue weighted by molar-refractivity contribution is 7.92. The van der Waals surface area contributed by atoms with Crippen molar-refractivity contribution in [3.05, 3.63) is 63.7 Å². The van der Waals surface area contributed by atoms with E-state index in [0.29, 0.717) is 6.42 Å². The van der Waals surface area contributed by atoms with Gasteiger partial charge in [-0.2, -0.15) is 0 Å². The van der Waals surface area contributed by atoms with Crippen LogP contribution in [0.1, 0.15) is 38.3 Å². The monoisotopic (exact) mass is 534 g/mol. The molecule has 0 radical (unpaired) electrons. The number of aryl methyl sites for hydroxylation is 1. The van der Waals surface area contributed by atoms with Crippen molar-refractivity contribution >= 4 is 33.2 Å². The number of nitro groups is 1. The predicted molar refractivity (Wildman–Crippen MR) is 141 cm³/mol. The molecule has 2 aromatic rings. The number of amides is 2. The number of non-ortho nitro benzene ring substituents is 1. The van der Waals surface area contributed by atoms with Crippen LogP contribution in [-0.2, 0) is 26.2 Å². The van der Waals surface area contributed by atoms with Crippen LogP contribution in [0.4, 0.5) is 11.4 Å². The lowest BCUT2D eigenvalue weighted by Gasteiger charge is -2.32. The molecule has 0 aliphatic heterocycles. The van der Waals surface area contributed by atoms with E-state index in [0.717, 1.165) is 27.8 Å². The lowest BCUT2D eigenvalue weighted by molar-refractivity contribution is -0.384. The Morgan fingerprint density at radius 1 is 1.16 bits per heavy atom. The number of hydrogen-bond acceptors (Lipinski definition) is 7. The topological polar surface area (TPSA) is 139 Å². The number of nitrogens with zero attached hydrogens (tertiary/aromatic N) is 3. The number of carbonyl (C=O) groups excluding carboxylic acids is 2. The van der Waals surface area contributed by atoms with E-state index in [4.69, 9.17) is 4.74 Å². The number of carbonyl (C=O) groups is 2. The number of nitrogens with one attached hydrogen (secondary N) is 1. The van der Waals surface area contributed by atoms with Gasteiger partial charge < -0.3 is 15.0 Å². The number of anilines is 1. The van der Waals surface area contributed by atoms with Gasteiger partial charge in [0.2, 0.25) is 21.8 Å². The fourth-order valence-electron chi connectivity index (χ4n) is 3.64. The van der Waals surface area contributed by atoms with Crippen molar-refractivity contribution in [3.63, 3.8) is 0 Å². The van der Waals surface area contributed by atoms with Crippen LogP contribution >= 0.6 is 0 Å². The number of hydrogen-bond donors (Lipinski definition) is 1. The van der Waals surface area contributed by atoms with Crippen molar-refractivity contribution < 1.29 is 27.7 Å². The molecule has 1 N–H and O–H groups in total. The Labute approximate surface area is 217 Å². The first-order chi connectivity index (χ1) is 17.3. The summed E-state index contributed by atoms with van der Waals surface area (Å²) in [5, 5.41) is 14.2. The zero-order valence-electron chi connectivity index (χ0n) is 21.9. The standard InChI is InChI=1S/C25H34N4O7S/c1-7-18(3)26-25(31)19(4)27(15-20-10-8-9-17(2)13-20)24(30)16-28(37(6,34)35)22-14-21(29(32)33)11-12-23(22)36-5/h8-14,18-19H,7,15-16H2,1-6H3,(H,26,31)/t18-,19-/m1/s1. The fourth-order valence-corrected chi connectivity index (χ4v) is 4.48. The number of ether oxygens (including phenoxy) is 1. The van der Waals surface area contributed by atoms with Gasteiger partial charge in [-0.3, -0.25) is 24.0 Å². The van der Waals surface area contributed by atoms with Crippen molar-refractivity contribution in [3.8, 4) is 5.75 Å². The Morgan fingerprint density at radius 2 is 1.84 bits per heavy atom. The summed E-state index contributed by atoms with van der Waals surface area (Å²) >= 11 is 0. The van der Waals surface area contributed by atoms with Crippen LogP contribution in [0, 0.1) is 17.0 Å². The molecule has 2 rings (SSSR count). The summed E-state index contributed by atoms with van der Waals surface area (Å²) in [5.74, 6) is -1.00. The van der Waals surface area contributed by atoms with Crippen molar-refractivity contribution in [1.82, 2.24) is 10.2 Å². The van der Waals surface area contributed by atoms with Gasteiger partial charge in [0.05, 0.1) is 18.3 Å². The highest BCUT2D eigenvalue weighted by Crippen LogP contribution is 2.33. The number of rotatable bonds is 12. The minimum absolute atomic E-state index is 0.0385. The molecule has 0 aliphatic carbocycles. The SMILES string of the molecule is CC[C@@H](C)NC(=O)[C@@H](C)N(Cc1cccc(C)c1)C(=O)CN(c1cc([N+](=O)[O-])ccc1OC)S(C)(=O)=O. The summed E-state index contributed by atoms with van der Waals surface area (Å²) in [5.41, 5.74) is 1.20. The van der Waals surface area contributed by atoms with E-state index in [1.165, 1.54) is 24.1 Å². The van der Waals surface area contributed by atoms with Crippen LogP contribution in [0.5, 0.6) is 5.75 Å². The predicted octanol–water partition coefficient (Wildman–Crippen LogP) is 3.01. The third-order valence-corrected chi connectivity index (χ3v) is 7.05. The molecule has 2 atom stereocenters. The Morgan fingerprint density at radius 3 is 2.38 bits per heavy atom. The van der Waals surface area contributed by atoms with E-state index in [2.05, 4.69) is 5.32 Å². The molecule has 12 heteroatoms. The molecule has 37 heavy (non-hydrogen) atoms. The van der Waals surface area contributed by atoms with Gasteiger partial charge in [0.1, 0.15) is 24.0 Å². The van der Waals surface area contributed by atoms with E-state index in [-0.39, 0.29) is 35.6 Å². The Kier molecular flexibility index (Phi) is 10.0. The van der Waals surface area contributed by atoms with Gasteiger partial charge in [-0.25, -0.2) is 8.42 Å². The molecule has 0 saturated carbocycles. The Balaban J connectivity index is 2.51. The van der Waals surface area contributed by atoms with Crippen LogP contribution in [0.15, 0.2) is 42.5 Å². The second kappa shape index (κ2) is 12.5. The molecule has 0 bridgehead atoms. The maximum Gasteiger partial charge on any atom is 0.271 e. The summed E-state index contributed by atoms with van der Waals surface area (Å²) in [7, 11) is -2.80. The van der Waals surface area contributed by atoms with E-state index >= 15 is 0 Å². The van der Waals surface area contributed by atoms with Crippen molar-refractivity contribution in [2.24, 2.45) is 0 Å². The van der Waals surface area contributed by atoms with E-state index in [9.17, 15) is 28.1 Å². The molecule has 202 valence electrons. The first kappa shape index (κ1) is 29.6. The van der Waals surface area contributed by atoms with Crippen molar-refractivity contribution in [2.75, 3.05) is 24.2 Å². The normalized spacial score (nSPS) is 12.8. The molecule has 0 aliphatic rings. The lowest BCUT2D eigenvalue weighted by atomic mass is 10.1. The number of nitro benzene ring substituents is 1. The van der Waals surface area contributed by atoms with Crippen molar-refractivity contribution in [1.29, 1.82) is 0 Å². The molecule has 0 spiro atoms. The zero-order chi connectivity index (χ0) is 27.9. The van der Waals surface area contributed by atoms with Gasteiger partial charge >= 0.3 is 0 Å². The second-order valence-corrected chi connectivity index (χ2v) is 10.8. The highest BCUT2D eigenvalue weighted by Gasteiger charge is 2.32.